The quantitative estimate of drug-likeness (QED) is 0.452. The summed E-state index contributed by atoms with van der Waals surface area (Å²) in [4.78, 5) is 5.78. The van der Waals surface area contributed by atoms with E-state index >= 15 is 0 Å². The van der Waals surface area contributed by atoms with Crippen LogP contribution in [-0.2, 0) is 6.42 Å². The van der Waals surface area contributed by atoms with Crippen LogP contribution in [0.15, 0.2) is 64.0 Å². The van der Waals surface area contributed by atoms with Gasteiger partial charge in [0, 0.05) is 28.1 Å². The average molecular weight is 410 g/mol. The fraction of sp³-hybridized carbons (Fsp3) is 0.304. The first-order valence-electron chi connectivity index (χ1n) is 9.89. The molecule has 5 heteroatoms. The fourth-order valence-electron chi connectivity index (χ4n) is 3.48. The van der Waals surface area contributed by atoms with Crippen molar-refractivity contribution in [3.63, 3.8) is 0 Å². The molecule has 0 atom stereocenters. The maximum atomic E-state index is 6.09. The highest BCUT2D eigenvalue weighted by molar-refractivity contribution is 7.07. The number of hydrogen-bond acceptors (Lipinski definition) is 3. The van der Waals surface area contributed by atoms with Crippen LogP contribution in [0.3, 0.4) is 0 Å². The topological polar surface area (TPSA) is 29.6 Å². The van der Waals surface area contributed by atoms with Crippen molar-refractivity contribution in [2.24, 2.45) is 10.1 Å². The number of fused-ring (bicyclic) bond motifs is 1. The molecule has 144 valence electrons. The van der Waals surface area contributed by atoms with Crippen LogP contribution in [0.5, 0.6) is 0 Å². The Hall–Kier alpha value is -2.17. The van der Waals surface area contributed by atoms with Gasteiger partial charge in [0.1, 0.15) is 0 Å². The number of unbranched alkanes of at least 4 members (excludes halogenated alkanes) is 1. The van der Waals surface area contributed by atoms with Gasteiger partial charge in [-0.15, -0.1) is 11.3 Å². The normalized spacial score (nSPS) is 15.8. The zero-order chi connectivity index (χ0) is 19.3. The minimum Gasteiger partial charge on any atom is -0.257 e. The first-order valence-corrected chi connectivity index (χ1v) is 11.1. The molecule has 4 rings (SSSR count). The van der Waals surface area contributed by atoms with Gasteiger partial charge in [-0.2, -0.15) is 5.10 Å². The van der Waals surface area contributed by atoms with E-state index in [1.807, 2.05) is 28.9 Å². The molecule has 0 spiro atoms. The zero-order valence-electron chi connectivity index (χ0n) is 16.1. The van der Waals surface area contributed by atoms with Gasteiger partial charge in [-0.25, -0.2) is 4.68 Å². The SMILES string of the molecule is CCCCN=c1scc(-c2ccc(Cl)cc2)n1/N=C1\CCCc2ccccc21. The van der Waals surface area contributed by atoms with Crippen molar-refractivity contribution in [2.45, 2.75) is 39.0 Å². The van der Waals surface area contributed by atoms with E-state index in [0.717, 1.165) is 65.4 Å². The van der Waals surface area contributed by atoms with Crippen molar-refractivity contribution in [1.29, 1.82) is 0 Å². The second-order valence-corrected chi connectivity index (χ2v) is 8.29. The Bertz CT molecular complexity index is 1040. The van der Waals surface area contributed by atoms with E-state index in [1.54, 1.807) is 11.3 Å². The Morgan fingerprint density at radius 3 is 2.71 bits per heavy atom. The van der Waals surface area contributed by atoms with Gasteiger partial charge in [-0.1, -0.05) is 61.3 Å². The highest BCUT2D eigenvalue weighted by atomic mass is 35.5. The highest BCUT2D eigenvalue weighted by Crippen LogP contribution is 2.25. The minimum atomic E-state index is 0.742. The molecule has 28 heavy (non-hydrogen) atoms. The van der Waals surface area contributed by atoms with E-state index < -0.39 is 0 Å². The molecule has 0 saturated carbocycles. The third-order valence-electron chi connectivity index (χ3n) is 4.99. The highest BCUT2D eigenvalue weighted by Gasteiger charge is 2.16. The molecule has 1 aliphatic carbocycles. The summed E-state index contributed by atoms with van der Waals surface area (Å²) in [6.45, 7) is 3.02. The van der Waals surface area contributed by atoms with Crippen molar-refractivity contribution in [3.8, 4) is 11.3 Å². The van der Waals surface area contributed by atoms with Gasteiger partial charge in [-0.05, 0) is 43.4 Å². The number of rotatable bonds is 5. The van der Waals surface area contributed by atoms with Crippen molar-refractivity contribution in [1.82, 2.24) is 4.68 Å². The zero-order valence-corrected chi connectivity index (χ0v) is 17.6. The Balaban J connectivity index is 1.83. The van der Waals surface area contributed by atoms with Gasteiger partial charge >= 0.3 is 0 Å². The smallest absolute Gasteiger partial charge is 0.206 e. The van der Waals surface area contributed by atoms with E-state index in [0.29, 0.717) is 0 Å². The first kappa shape index (κ1) is 19.2. The summed E-state index contributed by atoms with van der Waals surface area (Å²) in [6.07, 6.45) is 5.49. The van der Waals surface area contributed by atoms with Crippen molar-refractivity contribution in [2.75, 3.05) is 6.54 Å². The standard InChI is InChI=1S/C23H24ClN3S/c1-2-3-15-25-23-27(22(16-28-23)18-11-13-19(24)14-12-18)26-21-10-6-8-17-7-4-5-9-20(17)21/h4-5,7,9,11-14,16H,2-3,6,8,10,15H2,1H3/b25-23?,26-21+. The summed E-state index contributed by atoms with van der Waals surface area (Å²) in [5, 5.41) is 8.00. The van der Waals surface area contributed by atoms with Crippen LogP contribution >= 0.6 is 22.9 Å². The van der Waals surface area contributed by atoms with Crippen molar-refractivity contribution in [3.05, 3.63) is 74.9 Å². The third-order valence-corrected chi connectivity index (χ3v) is 6.10. The number of thiazole rings is 1. The van der Waals surface area contributed by atoms with Crippen LogP contribution < -0.4 is 4.80 Å². The lowest BCUT2D eigenvalue weighted by molar-refractivity contribution is 0.755. The van der Waals surface area contributed by atoms with Crippen LogP contribution in [-0.4, -0.2) is 16.9 Å². The second kappa shape index (κ2) is 8.89. The molecule has 1 aromatic heterocycles. The van der Waals surface area contributed by atoms with Crippen LogP contribution in [0.1, 0.15) is 43.7 Å². The summed E-state index contributed by atoms with van der Waals surface area (Å²) in [5.74, 6) is 0. The average Bonchev–Trinajstić information content (AvgIpc) is 3.12. The predicted molar refractivity (Wildman–Crippen MR) is 119 cm³/mol. The molecular formula is C23H24ClN3S. The summed E-state index contributed by atoms with van der Waals surface area (Å²) in [5.41, 5.74) is 5.97. The molecule has 0 fully saturated rings. The number of benzene rings is 2. The number of halogens is 1. The summed E-state index contributed by atoms with van der Waals surface area (Å²) < 4.78 is 2.03. The lowest BCUT2D eigenvalue weighted by Crippen LogP contribution is -2.18. The van der Waals surface area contributed by atoms with Gasteiger partial charge in [0.15, 0.2) is 0 Å². The Kier molecular flexibility index (Phi) is 6.08. The maximum Gasteiger partial charge on any atom is 0.206 e. The Morgan fingerprint density at radius 1 is 1.07 bits per heavy atom. The summed E-state index contributed by atoms with van der Waals surface area (Å²) >= 11 is 7.74. The van der Waals surface area contributed by atoms with Gasteiger partial charge in [-0.3, -0.25) is 4.99 Å². The molecular weight excluding hydrogens is 386 g/mol. The fourth-order valence-corrected chi connectivity index (χ4v) is 4.47. The van der Waals surface area contributed by atoms with Crippen molar-refractivity contribution < 1.29 is 0 Å². The molecule has 0 unspecified atom stereocenters. The minimum absolute atomic E-state index is 0.742. The molecule has 0 aliphatic heterocycles. The summed E-state index contributed by atoms with van der Waals surface area (Å²) in [7, 11) is 0. The lowest BCUT2D eigenvalue weighted by atomic mass is 9.90. The van der Waals surface area contributed by atoms with Crippen molar-refractivity contribution >= 4 is 28.6 Å². The number of aromatic nitrogens is 1. The van der Waals surface area contributed by atoms with Gasteiger partial charge in [0.25, 0.3) is 0 Å². The van der Waals surface area contributed by atoms with Gasteiger partial charge < -0.3 is 0 Å². The Morgan fingerprint density at radius 2 is 1.89 bits per heavy atom. The largest absolute Gasteiger partial charge is 0.257 e. The van der Waals surface area contributed by atoms with E-state index in [2.05, 4.69) is 36.6 Å². The maximum absolute atomic E-state index is 6.09. The molecule has 0 bridgehead atoms. The van der Waals surface area contributed by atoms with Gasteiger partial charge in [0.05, 0.1) is 11.4 Å². The third kappa shape index (κ3) is 4.13. The monoisotopic (exact) mass is 409 g/mol. The molecule has 3 nitrogen and oxygen atoms in total. The van der Waals surface area contributed by atoms with Crippen LogP contribution in [0.4, 0.5) is 0 Å². The second-order valence-electron chi connectivity index (χ2n) is 7.01. The molecule has 1 heterocycles. The van der Waals surface area contributed by atoms with E-state index in [9.17, 15) is 0 Å². The number of nitrogens with zero attached hydrogens (tertiary/aromatic N) is 3. The van der Waals surface area contributed by atoms with E-state index in [4.69, 9.17) is 21.7 Å². The molecule has 1 aliphatic rings. The van der Waals surface area contributed by atoms with Crippen LogP contribution in [0, 0.1) is 0 Å². The number of hydrogen-bond donors (Lipinski definition) is 0. The number of aryl methyl sites for hydroxylation is 1. The lowest BCUT2D eigenvalue weighted by Gasteiger charge is -2.18. The van der Waals surface area contributed by atoms with Gasteiger partial charge in [0.2, 0.25) is 4.80 Å². The van der Waals surface area contributed by atoms with Crippen LogP contribution in [0.25, 0.3) is 11.3 Å². The molecule has 0 N–H and O–H groups in total. The summed E-state index contributed by atoms with van der Waals surface area (Å²) in [6, 6.07) is 16.6. The van der Waals surface area contributed by atoms with E-state index in [-0.39, 0.29) is 0 Å². The predicted octanol–water partition coefficient (Wildman–Crippen LogP) is 6.16. The molecule has 0 amide bonds. The molecule has 0 radical (unpaired) electrons. The molecule has 0 saturated heterocycles. The molecule has 3 aromatic rings. The Labute approximate surface area is 175 Å². The first-order chi connectivity index (χ1) is 13.8. The van der Waals surface area contributed by atoms with Crippen LogP contribution in [0.2, 0.25) is 5.02 Å². The molecule has 2 aromatic carbocycles. The van der Waals surface area contributed by atoms with E-state index in [1.165, 1.54) is 11.1 Å².